The molecule has 13 rings (SSSR count). The molecule has 3 aromatic heterocycles. The van der Waals surface area contributed by atoms with Gasteiger partial charge in [-0.25, -0.2) is 0 Å². The summed E-state index contributed by atoms with van der Waals surface area (Å²) in [5.74, 6) is 0. The van der Waals surface area contributed by atoms with Crippen LogP contribution in [0.2, 0.25) is 0 Å². The van der Waals surface area contributed by atoms with Crippen molar-refractivity contribution in [3.05, 3.63) is 188 Å². The van der Waals surface area contributed by atoms with Crippen molar-refractivity contribution < 1.29 is 4.42 Å². The minimum absolute atomic E-state index is 0.885. The Labute approximate surface area is 321 Å². The normalized spacial score (nSPS) is 12.6. The molecule has 4 nitrogen and oxygen atoms in total. The van der Waals surface area contributed by atoms with E-state index >= 15 is 0 Å². The monoisotopic (exact) mass is 713 g/mol. The van der Waals surface area contributed by atoms with Crippen LogP contribution in [0.4, 0.5) is 17.1 Å². The predicted molar refractivity (Wildman–Crippen MR) is 234 cm³/mol. The SMILES string of the molecule is c1ccc(N2c3cc4c(cc3-n3c5c2cccc5c2cc(-c5ccc6c7ccccc7n(-c7ccccc7)c6c5)c5ccccc5c23)oc2ccccc24)cc1. The summed E-state index contributed by atoms with van der Waals surface area (Å²) in [4.78, 5) is 2.43. The highest BCUT2D eigenvalue weighted by atomic mass is 16.3. The molecule has 0 atom stereocenters. The predicted octanol–water partition coefficient (Wildman–Crippen LogP) is 14.4. The standard InChI is InChI=1S/C52H31N3O/c1-3-14-33(15-4-1)53-44-23-11-9-19-36(44)37-27-26-32(28-46(37)53)41-29-43-40-22-13-24-45-52(40)55(51(43)39-21-8-7-18-35(39)41)48-31-50-42(38-20-10-12-25-49(38)56-50)30-47(48)54(45)34-16-5-2-6-17-34/h1-31H. The van der Waals surface area contributed by atoms with Gasteiger partial charge in [0.1, 0.15) is 11.2 Å². The fraction of sp³-hybridized carbons (Fsp3) is 0. The number of aromatic nitrogens is 2. The lowest BCUT2D eigenvalue weighted by molar-refractivity contribution is 0.668. The Morgan fingerprint density at radius 3 is 1.82 bits per heavy atom. The number of furan rings is 1. The lowest BCUT2D eigenvalue weighted by Gasteiger charge is -2.33. The summed E-state index contributed by atoms with van der Waals surface area (Å²) in [6, 6.07) is 68.3. The Hall–Kier alpha value is -7.56. The molecule has 9 aromatic carbocycles. The highest BCUT2D eigenvalue weighted by Crippen LogP contribution is 2.53. The fourth-order valence-corrected chi connectivity index (χ4v) is 9.65. The molecule has 0 bridgehead atoms. The van der Waals surface area contributed by atoms with E-state index in [0.29, 0.717) is 0 Å². The lowest BCUT2D eigenvalue weighted by Crippen LogP contribution is -2.18. The van der Waals surface area contributed by atoms with Crippen molar-refractivity contribution in [2.45, 2.75) is 0 Å². The van der Waals surface area contributed by atoms with Gasteiger partial charge in [0, 0.05) is 55.1 Å². The van der Waals surface area contributed by atoms with Crippen LogP contribution in [0.1, 0.15) is 0 Å². The molecule has 4 heteroatoms. The summed E-state index contributed by atoms with van der Waals surface area (Å²) >= 11 is 0. The Morgan fingerprint density at radius 1 is 0.321 bits per heavy atom. The van der Waals surface area contributed by atoms with Gasteiger partial charge in [-0.1, -0.05) is 121 Å². The van der Waals surface area contributed by atoms with E-state index in [4.69, 9.17) is 4.42 Å². The highest BCUT2D eigenvalue weighted by Gasteiger charge is 2.31. The minimum atomic E-state index is 0.885. The van der Waals surface area contributed by atoms with Gasteiger partial charge >= 0.3 is 0 Å². The van der Waals surface area contributed by atoms with E-state index in [9.17, 15) is 0 Å². The van der Waals surface area contributed by atoms with Crippen LogP contribution in [0.25, 0.3) is 98.8 Å². The summed E-state index contributed by atoms with van der Waals surface area (Å²) in [5.41, 5.74) is 14.7. The maximum Gasteiger partial charge on any atom is 0.137 e. The van der Waals surface area contributed by atoms with Gasteiger partial charge < -0.3 is 18.5 Å². The van der Waals surface area contributed by atoms with Crippen LogP contribution in [-0.4, -0.2) is 9.13 Å². The van der Waals surface area contributed by atoms with Gasteiger partial charge in [-0.05, 0) is 77.2 Å². The first-order valence-electron chi connectivity index (χ1n) is 19.2. The van der Waals surface area contributed by atoms with Crippen molar-refractivity contribution in [2.75, 3.05) is 4.90 Å². The lowest BCUT2D eigenvalue weighted by atomic mass is 9.94. The second-order valence-electron chi connectivity index (χ2n) is 14.9. The molecule has 0 fully saturated rings. The van der Waals surface area contributed by atoms with E-state index in [2.05, 4.69) is 196 Å². The van der Waals surface area contributed by atoms with Gasteiger partial charge in [-0.3, -0.25) is 0 Å². The molecule has 0 amide bonds. The quantitative estimate of drug-likeness (QED) is 0.182. The fourth-order valence-electron chi connectivity index (χ4n) is 9.65. The van der Waals surface area contributed by atoms with Crippen LogP contribution in [0.5, 0.6) is 0 Å². The van der Waals surface area contributed by atoms with Gasteiger partial charge in [-0.2, -0.15) is 0 Å². The Bertz CT molecular complexity index is 3590. The molecule has 0 N–H and O–H groups in total. The van der Waals surface area contributed by atoms with Crippen LogP contribution in [0.15, 0.2) is 192 Å². The zero-order valence-electron chi connectivity index (χ0n) is 30.1. The van der Waals surface area contributed by atoms with Crippen molar-refractivity contribution in [3.63, 3.8) is 0 Å². The third-order valence-corrected chi connectivity index (χ3v) is 12.0. The molecule has 1 aliphatic rings. The second kappa shape index (κ2) is 11.0. The van der Waals surface area contributed by atoms with E-state index in [0.717, 1.165) is 50.4 Å². The van der Waals surface area contributed by atoms with E-state index in [1.54, 1.807) is 0 Å². The van der Waals surface area contributed by atoms with Gasteiger partial charge in [0.25, 0.3) is 0 Å². The van der Waals surface area contributed by atoms with Crippen molar-refractivity contribution >= 4 is 93.4 Å². The second-order valence-corrected chi connectivity index (χ2v) is 14.9. The molecule has 0 saturated heterocycles. The zero-order valence-corrected chi connectivity index (χ0v) is 30.1. The molecule has 0 unspecified atom stereocenters. The number of para-hydroxylation sites is 5. The van der Waals surface area contributed by atoms with Crippen LogP contribution < -0.4 is 4.90 Å². The maximum atomic E-state index is 6.56. The molecule has 0 aliphatic carbocycles. The van der Waals surface area contributed by atoms with Crippen molar-refractivity contribution in [3.8, 4) is 22.5 Å². The molecule has 0 spiro atoms. The van der Waals surface area contributed by atoms with Gasteiger partial charge in [0.15, 0.2) is 0 Å². The van der Waals surface area contributed by atoms with Crippen molar-refractivity contribution in [2.24, 2.45) is 0 Å². The number of fused-ring (bicyclic) bond motifs is 13. The third-order valence-electron chi connectivity index (χ3n) is 12.0. The van der Waals surface area contributed by atoms with E-state index < -0.39 is 0 Å². The average Bonchev–Trinajstić information content (AvgIpc) is 3.91. The number of anilines is 3. The Balaban J connectivity index is 1.15. The summed E-state index contributed by atoms with van der Waals surface area (Å²) in [6.07, 6.45) is 0. The van der Waals surface area contributed by atoms with Crippen molar-refractivity contribution in [1.29, 1.82) is 0 Å². The number of nitrogens with zero attached hydrogens (tertiary/aromatic N) is 3. The minimum Gasteiger partial charge on any atom is -0.456 e. The molecule has 1 aliphatic heterocycles. The molecule has 12 aromatic rings. The smallest absolute Gasteiger partial charge is 0.137 e. The van der Waals surface area contributed by atoms with E-state index in [1.165, 1.54) is 65.5 Å². The van der Waals surface area contributed by atoms with Crippen LogP contribution >= 0.6 is 0 Å². The number of benzene rings is 9. The molecule has 4 heterocycles. The molecule has 260 valence electrons. The molecule has 0 radical (unpaired) electrons. The van der Waals surface area contributed by atoms with E-state index in [-0.39, 0.29) is 0 Å². The molecule has 0 saturated carbocycles. The summed E-state index contributed by atoms with van der Waals surface area (Å²) in [7, 11) is 0. The number of hydrogen-bond donors (Lipinski definition) is 0. The summed E-state index contributed by atoms with van der Waals surface area (Å²) in [6.45, 7) is 0. The summed E-state index contributed by atoms with van der Waals surface area (Å²) in [5, 5.41) is 9.63. The molecular weight excluding hydrogens is 683 g/mol. The van der Waals surface area contributed by atoms with Gasteiger partial charge in [0.2, 0.25) is 0 Å². The number of hydrogen-bond acceptors (Lipinski definition) is 2. The molecule has 56 heavy (non-hydrogen) atoms. The number of rotatable bonds is 3. The highest BCUT2D eigenvalue weighted by molar-refractivity contribution is 6.26. The Kier molecular flexibility index (Phi) is 5.86. The topological polar surface area (TPSA) is 26.2 Å². The first kappa shape index (κ1) is 29.8. The van der Waals surface area contributed by atoms with E-state index in [1.807, 2.05) is 6.07 Å². The van der Waals surface area contributed by atoms with Gasteiger partial charge in [-0.15, -0.1) is 0 Å². The van der Waals surface area contributed by atoms with Gasteiger partial charge in [0.05, 0.1) is 39.1 Å². The van der Waals surface area contributed by atoms with Crippen LogP contribution in [-0.2, 0) is 0 Å². The maximum absolute atomic E-state index is 6.56. The third kappa shape index (κ3) is 3.92. The zero-order chi connectivity index (χ0) is 36.5. The molecular formula is C52H31N3O. The first-order valence-corrected chi connectivity index (χ1v) is 19.2. The first-order chi connectivity index (χ1) is 27.8. The van der Waals surface area contributed by atoms with Crippen molar-refractivity contribution in [1.82, 2.24) is 9.13 Å². The van der Waals surface area contributed by atoms with Crippen LogP contribution in [0.3, 0.4) is 0 Å². The average molecular weight is 714 g/mol. The largest absolute Gasteiger partial charge is 0.456 e. The van der Waals surface area contributed by atoms with Crippen LogP contribution in [0, 0.1) is 0 Å². The summed E-state index contributed by atoms with van der Waals surface area (Å²) < 4.78 is 11.5. The Morgan fingerprint density at radius 2 is 0.982 bits per heavy atom.